The Morgan fingerprint density at radius 1 is 1.03 bits per heavy atom. The minimum absolute atomic E-state index is 0.194. The number of hydrogen-bond donors (Lipinski definition) is 0. The molecule has 1 aliphatic heterocycles. The molecule has 0 spiro atoms. The van der Waals surface area contributed by atoms with Crippen molar-refractivity contribution in [3.8, 4) is 17.2 Å². The molecular formula is C23H21BrN2O5. The standard InChI is InChI=1S/C23H21BrN2O5/c1-28-15-10-14(11-16(12-15)29-2)18-13-19(17-6-4-5-7-20(17)30-3)26(25-18)23(27)21-8-9-22(24)31-21/h4-12,19H,13H2,1-3H3/t19-/m1/s1. The molecule has 0 saturated carbocycles. The maximum atomic E-state index is 13.3. The summed E-state index contributed by atoms with van der Waals surface area (Å²) in [7, 11) is 4.80. The molecule has 0 radical (unpaired) electrons. The lowest BCUT2D eigenvalue weighted by molar-refractivity contribution is 0.0675. The Morgan fingerprint density at radius 2 is 1.74 bits per heavy atom. The van der Waals surface area contributed by atoms with E-state index in [9.17, 15) is 4.79 Å². The molecule has 7 nitrogen and oxygen atoms in total. The molecule has 0 N–H and O–H groups in total. The largest absolute Gasteiger partial charge is 0.497 e. The van der Waals surface area contributed by atoms with Crippen LogP contribution in [0.25, 0.3) is 0 Å². The van der Waals surface area contributed by atoms with Crippen molar-refractivity contribution >= 4 is 27.5 Å². The molecule has 1 aromatic heterocycles. The van der Waals surface area contributed by atoms with Crippen molar-refractivity contribution < 1.29 is 23.4 Å². The van der Waals surface area contributed by atoms with Gasteiger partial charge in [-0.2, -0.15) is 5.10 Å². The van der Waals surface area contributed by atoms with Gasteiger partial charge in [0, 0.05) is 23.6 Å². The van der Waals surface area contributed by atoms with Gasteiger partial charge in [0.25, 0.3) is 0 Å². The molecule has 2 heterocycles. The van der Waals surface area contributed by atoms with Crippen LogP contribution in [0, 0.1) is 0 Å². The van der Waals surface area contributed by atoms with Gasteiger partial charge in [0.1, 0.15) is 17.2 Å². The number of rotatable bonds is 6. The molecular weight excluding hydrogens is 464 g/mol. The molecule has 0 saturated heterocycles. The van der Waals surface area contributed by atoms with Crippen LogP contribution in [0.2, 0.25) is 0 Å². The average molecular weight is 485 g/mol. The molecule has 0 fully saturated rings. The van der Waals surface area contributed by atoms with Crippen molar-refractivity contribution in [3.63, 3.8) is 0 Å². The van der Waals surface area contributed by atoms with E-state index in [-0.39, 0.29) is 17.7 Å². The summed E-state index contributed by atoms with van der Waals surface area (Å²) < 4.78 is 22.3. The van der Waals surface area contributed by atoms with E-state index < -0.39 is 0 Å². The summed E-state index contributed by atoms with van der Waals surface area (Å²) in [5.74, 6) is 1.83. The zero-order chi connectivity index (χ0) is 22.0. The highest BCUT2D eigenvalue weighted by molar-refractivity contribution is 9.10. The SMILES string of the molecule is COc1cc(OC)cc(C2=NN(C(=O)c3ccc(Br)o3)[C@@H](c3ccccc3OC)C2)c1. The Hall–Kier alpha value is -3.26. The van der Waals surface area contributed by atoms with Gasteiger partial charge in [-0.05, 0) is 46.3 Å². The first-order valence-corrected chi connectivity index (χ1v) is 10.4. The maximum absolute atomic E-state index is 13.3. The van der Waals surface area contributed by atoms with Crippen LogP contribution < -0.4 is 14.2 Å². The second kappa shape index (κ2) is 8.85. The number of benzene rings is 2. The third-order valence-corrected chi connectivity index (χ3v) is 5.51. The third-order valence-electron chi connectivity index (χ3n) is 5.09. The van der Waals surface area contributed by atoms with Gasteiger partial charge in [0.05, 0.1) is 33.1 Å². The van der Waals surface area contributed by atoms with E-state index in [1.165, 1.54) is 5.01 Å². The van der Waals surface area contributed by atoms with Crippen molar-refractivity contribution in [2.75, 3.05) is 21.3 Å². The van der Waals surface area contributed by atoms with Crippen LogP contribution in [-0.2, 0) is 0 Å². The molecule has 4 rings (SSSR count). The molecule has 1 atom stereocenters. The van der Waals surface area contributed by atoms with E-state index in [4.69, 9.17) is 18.6 Å². The average Bonchev–Trinajstić information content (AvgIpc) is 3.45. The highest BCUT2D eigenvalue weighted by atomic mass is 79.9. The van der Waals surface area contributed by atoms with E-state index in [0.717, 1.165) is 16.8 Å². The Labute approximate surface area is 188 Å². The number of carbonyl (C=O) groups is 1. The Balaban J connectivity index is 1.79. The Kier molecular flexibility index (Phi) is 5.99. The number of carbonyl (C=O) groups excluding carboxylic acids is 1. The predicted molar refractivity (Wildman–Crippen MR) is 119 cm³/mol. The zero-order valence-corrected chi connectivity index (χ0v) is 18.9. The minimum atomic E-state index is -0.361. The number of nitrogens with zero attached hydrogens (tertiary/aromatic N) is 2. The molecule has 3 aromatic rings. The number of para-hydroxylation sites is 1. The van der Waals surface area contributed by atoms with Crippen LogP contribution >= 0.6 is 15.9 Å². The van der Waals surface area contributed by atoms with Gasteiger partial charge in [0.2, 0.25) is 0 Å². The minimum Gasteiger partial charge on any atom is -0.497 e. The Morgan fingerprint density at radius 3 is 2.35 bits per heavy atom. The quantitative estimate of drug-likeness (QED) is 0.488. The van der Waals surface area contributed by atoms with E-state index in [1.807, 2.05) is 36.4 Å². The van der Waals surface area contributed by atoms with Gasteiger partial charge in [-0.1, -0.05) is 18.2 Å². The van der Waals surface area contributed by atoms with Crippen molar-refractivity contribution in [2.24, 2.45) is 5.10 Å². The lowest BCUT2D eigenvalue weighted by atomic mass is 9.97. The third kappa shape index (κ3) is 4.16. The smallest absolute Gasteiger partial charge is 0.310 e. The van der Waals surface area contributed by atoms with Crippen LogP contribution in [0.4, 0.5) is 0 Å². The van der Waals surface area contributed by atoms with Crippen LogP contribution in [0.15, 0.2) is 68.8 Å². The molecule has 2 aromatic carbocycles. The zero-order valence-electron chi connectivity index (χ0n) is 17.3. The number of furan rings is 1. The number of hydrazone groups is 1. The van der Waals surface area contributed by atoms with Crippen molar-refractivity contribution in [2.45, 2.75) is 12.5 Å². The highest BCUT2D eigenvalue weighted by Gasteiger charge is 2.36. The van der Waals surface area contributed by atoms with Crippen molar-refractivity contribution in [1.29, 1.82) is 0 Å². The van der Waals surface area contributed by atoms with Crippen LogP contribution in [0.5, 0.6) is 17.2 Å². The number of hydrogen-bond acceptors (Lipinski definition) is 6. The second-order valence-electron chi connectivity index (χ2n) is 6.86. The molecule has 1 amide bonds. The number of methoxy groups -OCH3 is 3. The number of halogens is 1. The summed E-state index contributed by atoms with van der Waals surface area (Å²) in [4.78, 5) is 13.3. The molecule has 31 heavy (non-hydrogen) atoms. The lowest BCUT2D eigenvalue weighted by Crippen LogP contribution is -2.27. The van der Waals surface area contributed by atoms with Gasteiger partial charge in [0.15, 0.2) is 10.4 Å². The molecule has 8 heteroatoms. The first kappa shape index (κ1) is 21.0. The van der Waals surface area contributed by atoms with Crippen LogP contribution in [0.3, 0.4) is 0 Å². The summed E-state index contributed by atoms with van der Waals surface area (Å²) >= 11 is 3.25. The first-order valence-electron chi connectivity index (χ1n) is 9.56. The summed E-state index contributed by atoms with van der Waals surface area (Å²) in [6, 6.07) is 16.1. The van der Waals surface area contributed by atoms with E-state index in [0.29, 0.717) is 28.3 Å². The predicted octanol–water partition coefficient (Wildman–Crippen LogP) is 5.06. The van der Waals surface area contributed by atoms with E-state index in [2.05, 4.69) is 21.0 Å². The maximum Gasteiger partial charge on any atom is 0.310 e. The van der Waals surface area contributed by atoms with Gasteiger partial charge in [-0.3, -0.25) is 4.79 Å². The Bertz CT molecular complexity index is 1120. The lowest BCUT2D eigenvalue weighted by Gasteiger charge is -2.22. The van der Waals surface area contributed by atoms with Crippen LogP contribution in [-0.4, -0.2) is 38.0 Å². The van der Waals surface area contributed by atoms with Crippen molar-refractivity contribution in [1.82, 2.24) is 5.01 Å². The van der Waals surface area contributed by atoms with E-state index in [1.54, 1.807) is 39.5 Å². The first-order chi connectivity index (χ1) is 15.0. The monoisotopic (exact) mass is 484 g/mol. The van der Waals surface area contributed by atoms with Crippen molar-refractivity contribution in [3.05, 3.63) is 76.2 Å². The molecule has 0 unspecified atom stereocenters. The van der Waals surface area contributed by atoms with Gasteiger partial charge in [-0.25, -0.2) is 5.01 Å². The summed E-state index contributed by atoms with van der Waals surface area (Å²) in [5, 5.41) is 6.14. The fourth-order valence-electron chi connectivity index (χ4n) is 3.57. The van der Waals surface area contributed by atoms with Crippen LogP contribution in [0.1, 0.15) is 34.1 Å². The van der Waals surface area contributed by atoms with Gasteiger partial charge in [-0.15, -0.1) is 0 Å². The second-order valence-corrected chi connectivity index (χ2v) is 7.64. The molecule has 1 aliphatic rings. The van der Waals surface area contributed by atoms with E-state index >= 15 is 0 Å². The normalized spacial score (nSPS) is 15.5. The summed E-state index contributed by atoms with van der Waals surface area (Å²) in [6.45, 7) is 0. The molecule has 0 bridgehead atoms. The fraction of sp³-hybridized carbons (Fsp3) is 0.217. The fourth-order valence-corrected chi connectivity index (χ4v) is 3.88. The summed E-state index contributed by atoms with van der Waals surface area (Å²) in [6.07, 6.45) is 0.490. The highest BCUT2D eigenvalue weighted by Crippen LogP contribution is 2.39. The number of amides is 1. The summed E-state index contributed by atoms with van der Waals surface area (Å²) in [5.41, 5.74) is 2.40. The molecule has 0 aliphatic carbocycles. The topological polar surface area (TPSA) is 73.5 Å². The van der Waals surface area contributed by atoms with Gasteiger partial charge >= 0.3 is 5.91 Å². The molecule has 160 valence electrons. The number of ether oxygens (including phenoxy) is 3. The van der Waals surface area contributed by atoms with Gasteiger partial charge < -0.3 is 18.6 Å².